The Hall–Kier alpha value is -2.71. The van der Waals surface area contributed by atoms with Crippen molar-refractivity contribution in [1.82, 2.24) is 20.3 Å². The minimum absolute atomic E-state index is 0.538. The lowest BCUT2D eigenvalue weighted by Crippen LogP contribution is -2.36. The number of aromatic nitrogens is 3. The molecule has 0 aliphatic carbocycles. The van der Waals surface area contributed by atoms with Crippen LogP contribution in [0, 0.1) is 0 Å². The van der Waals surface area contributed by atoms with E-state index in [9.17, 15) is 0 Å². The van der Waals surface area contributed by atoms with Crippen LogP contribution >= 0.6 is 0 Å². The Morgan fingerprint density at radius 3 is 2.77 bits per heavy atom. The van der Waals surface area contributed by atoms with E-state index in [1.807, 2.05) is 6.07 Å². The summed E-state index contributed by atoms with van der Waals surface area (Å²) in [6.45, 7) is 5.37. The van der Waals surface area contributed by atoms with E-state index in [1.54, 1.807) is 12.4 Å². The molecule has 5 rings (SSSR count). The molecule has 4 heterocycles. The molecule has 1 aromatic carbocycles. The highest BCUT2D eigenvalue weighted by Crippen LogP contribution is 2.28. The summed E-state index contributed by atoms with van der Waals surface area (Å²) in [4.78, 5) is 16.3. The first-order valence-electron chi connectivity index (χ1n) is 10.7. The summed E-state index contributed by atoms with van der Waals surface area (Å²) >= 11 is 0. The first-order valence-corrected chi connectivity index (χ1v) is 10.7. The van der Waals surface area contributed by atoms with E-state index < -0.39 is 0 Å². The Labute approximate surface area is 177 Å². The summed E-state index contributed by atoms with van der Waals surface area (Å²) in [5, 5.41) is 6.91. The fraction of sp³-hybridized carbons (Fsp3) is 0.409. The van der Waals surface area contributed by atoms with Gasteiger partial charge in [0, 0.05) is 43.3 Å². The van der Waals surface area contributed by atoms with Crippen molar-refractivity contribution in [3.8, 4) is 11.3 Å². The van der Waals surface area contributed by atoms with E-state index in [0.29, 0.717) is 5.82 Å². The third-order valence-corrected chi connectivity index (χ3v) is 5.81. The first kappa shape index (κ1) is 19.3. The normalized spacial score (nSPS) is 19.5. The monoisotopic (exact) mass is 401 g/mol. The van der Waals surface area contributed by atoms with Crippen molar-refractivity contribution in [2.45, 2.75) is 12.2 Å². The summed E-state index contributed by atoms with van der Waals surface area (Å²) in [6.07, 6.45) is 5.57. The Kier molecular flexibility index (Phi) is 5.77. The lowest BCUT2D eigenvalue weighted by molar-refractivity contribution is 0.122. The van der Waals surface area contributed by atoms with E-state index in [4.69, 9.17) is 9.72 Å². The van der Waals surface area contributed by atoms with Gasteiger partial charge < -0.3 is 20.3 Å². The van der Waals surface area contributed by atoms with Crippen LogP contribution < -0.4 is 15.5 Å². The molecule has 2 aromatic heterocycles. The maximum Gasteiger partial charge on any atom is 0.154 e. The molecule has 0 amide bonds. The van der Waals surface area contributed by atoms with Crippen molar-refractivity contribution in [2.75, 3.05) is 56.1 Å². The van der Waals surface area contributed by atoms with E-state index in [0.717, 1.165) is 80.4 Å². The van der Waals surface area contributed by atoms with Crippen molar-refractivity contribution in [3.05, 3.63) is 42.7 Å². The number of nitrogens with zero attached hydrogens (tertiary/aromatic N) is 4. The number of hydrogen-bond acceptors (Lipinski definition) is 7. The number of rotatable bonds is 5. The van der Waals surface area contributed by atoms with Gasteiger partial charge in [0.25, 0.3) is 0 Å². The molecule has 0 saturated carbocycles. The molecule has 2 fully saturated rings. The number of morpholine rings is 1. The molecule has 2 aliphatic rings. The first-order chi connectivity index (χ1) is 14.9. The summed E-state index contributed by atoms with van der Waals surface area (Å²) in [6, 6.07) is 10.6. The van der Waals surface area contributed by atoms with Crippen LogP contribution in [0.5, 0.6) is 0 Å². The number of hydrogen-bond donors (Lipinski definition) is 2. The molecular formula is C22H26BN6O. The number of nitrogens with one attached hydrogen (secondary N) is 2. The molecule has 3 aromatic rings. The number of benzene rings is 1. The van der Waals surface area contributed by atoms with E-state index in [2.05, 4.69) is 57.0 Å². The molecular weight excluding hydrogens is 375 g/mol. The van der Waals surface area contributed by atoms with Crippen molar-refractivity contribution < 1.29 is 4.74 Å². The Balaban J connectivity index is 1.41. The lowest BCUT2D eigenvalue weighted by Gasteiger charge is -2.28. The number of pyridine rings is 1. The van der Waals surface area contributed by atoms with Crippen LogP contribution in [-0.2, 0) is 4.74 Å². The molecule has 2 N–H and O–H groups in total. The van der Waals surface area contributed by atoms with Gasteiger partial charge in [-0.1, -0.05) is 12.1 Å². The van der Waals surface area contributed by atoms with Crippen LogP contribution in [-0.4, -0.2) is 68.1 Å². The van der Waals surface area contributed by atoms with Crippen LogP contribution in [0.4, 0.5) is 11.5 Å². The Bertz CT molecular complexity index is 987. The quantitative estimate of drug-likeness (QED) is 0.636. The zero-order chi connectivity index (χ0) is 20.2. The van der Waals surface area contributed by atoms with Crippen molar-refractivity contribution in [1.29, 1.82) is 0 Å². The molecule has 0 bridgehead atoms. The predicted octanol–water partition coefficient (Wildman–Crippen LogP) is 2.38. The second-order valence-corrected chi connectivity index (χ2v) is 7.80. The maximum absolute atomic E-state index is 5.46. The fourth-order valence-corrected chi connectivity index (χ4v) is 4.08. The summed E-state index contributed by atoms with van der Waals surface area (Å²) in [5.74, 6) is 1.34. The highest BCUT2D eigenvalue weighted by molar-refractivity contribution is 6.38. The Morgan fingerprint density at radius 2 is 1.97 bits per heavy atom. The highest BCUT2D eigenvalue weighted by atomic mass is 16.5. The van der Waals surface area contributed by atoms with Crippen LogP contribution in [0.3, 0.4) is 0 Å². The molecule has 7 nitrogen and oxygen atoms in total. The van der Waals surface area contributed by atoms with Gasteiger partial charge >= 0.3 is 0 Å². The SMILES string of the molecule is [B]1CNCC[C@H]1CNc1nc(-c2ccc(N3CCOCC3)cc2)cc2nccnc12. The molecule has 1 atom stereocenters. The van der Waals surface area contributed by atoms with Crippen molar-refractivity contribution in [3.63, 3.8) is 0 Å². The average molecular weight is 401 g/mol. The van der Waals surface area contributed by atoms with Gasteiger partial charge in [-0.2, -0.15) is 0 Å². The van der Waals surface area contributed by atoms with Gasteiger partial charge in [-0.25, -0.2) is 9.97 Å². The number of fused-ring (bicyclic) bond motifs is 1. The van der Waals surface area contributed by atoms with E-state index >= 15 is 0 Å². The molecule has 30 heavy (non-hydrogen) atoms. The number of anilines is 2. The number of ether oxygens (including phenoxy) is 1. The smallest absolute Gasteiger partial charge is 0.154 e. The van der Waals surface area contributed by atoms with Gasteiger partial charge in [0.2, 0.25) is 0 Å². The topological polar surface area (TPSA) is 75.2 Å². The third-order valence-electron chi connectivity index (χ3n) is 5.81. The summed E-state index contributed by atoms with van der Waals surface area (Å²) in [7, 11) is 2.33. The molecule has 2 aliphatic heterocycles. The zero-order valence-electron chi connectivity index (χ0n) is 17.1. The zero-order valence-corrected chi connectivity index (χ0v) is 17.1. The van der Waals surface area contributed by atoms with Crippen LogP contribution in [0.25, 0.3) is 22.3 Å². The van der Waals surface area contributed by atoms with Crippen molar-refractivity contribution in [2.24, 2.45) is 0 Å². The Morgan fingerprint density at radius 1 is 1.13 bits per heavy atom. The summed E-state index contributed by atoms with van der Waals surface area (Å²) < 4.78 is 5.46. The van der Waals surface area contributed by atoms with E-state index in [-0.39, 0.29) is 0 Å². The molecule has 0 spiro atoms. The minimum Gasteiger partial charge on any atom is -0.378 e. The van der Waals surface area contributed by atoms with Gasteiger partial charge in [0.1, 0.15) is 12.8 Å². The standard InChI is InChI=1S/C22H26BN6O/c1-3-18(29-9-11-30-12-10-29)4-2-16(1)19-13-20-21(26-8-7-25-20)22(28-19)27-14-17-5-6-24-15-23-17/h1-4,7-8,13,17,24H,5-6,9-12,14-15H2,(H,27,28)/t17-/m0/s1. The second-order valence-electron chi connectivity index (χ2n) is 7.80. The summed E-state index contributed by atoms with van der Waals surface area (Å²) in [5.41, 5.74) is 4.89. The van der Waals surface area contributed by atoms with E-state index in [1.165, 1.54) is 5.69 Å². The van der Waals surface area contributed by atoms with Gasteiger partial charge in [-0.15, -0.1) is 0 Å². The highest BCUT2D eigenvalue weighted by Gasteiger charge is 2.16. The third kappa shape index (κ3) is 4.25. The molecule has 153 valence electrons. The molecule has 2 saturated heterocycles. The lowest BCUT2D eigenvalue weighted by atomic mass is 9.61. The van der Waals surface area contributed by atoms with Gasteiger partial charge in [-0.3, -0.25) is 4.98 Å². The van der Waals surface area contributed by atoms with Crippen LogP contribution in [0.2, 0.25) is 5.82 Å². The van der Waals surface area contributed by atoms with Crippen molar-refractivity contribution >= 4 is 29.8 Å². The predicted molar refractivity (Wildman–Crippen MR) is 121 cm³/mol. The molecule has 0 unspecified atom stereocenters. The maximum atomic E-state index is 5.46. The second kappa shape index (κ2) is 8.98. The molecule has 8 heteroatoms. The molecule has 1 radical (unpaired) electrons. The average Bonchev–Trinajstić information content (AvgIpc) is 2.84. The van der Waals surface area contributed by atoms with Gasteiger partial charge in [0.15, 0.2) is 5.82 Å². The van der Waals surface area contributed by atoms with Crippen LogP contribution in [0.15, 0.2) is 42.7 Å². The van der Waals surface area contributed by atoms with Gasteiger partial charge in [-0.05, 0) is 43.4 Å². The van der Waals surface area contributed by atoms with Crippen LogP contribution in [0.1, 0.15) is 6.42 Å². The van der Waals surface area contributed by atoms with Gasteiger partial charge in [0.05, 0.1) is 24.4 Å². The fourth-order valence-electron chi connectivity index (χ4n) is 4.08. The minimum atomic E-state index is 0.538. The largest absolute Gasteiger partial charge is 0.378 e.